The van der Waals surface area contributed by atoms with E-state index in [4.69, 9.17) is 5.73 Å². The van der Waals surface area contributed by atoms with E-state index in [1.54, 1.807) is 0 Å². The van der Waals surface area contributed by atoms with Crippen molar-refractivity contribution in [1.29, 1.82) is 0 Å². The van der Waals surface area contributed by atoms with Gasteiger partial charge in [-0.25, -0.2) is 0 Å². The molecule has 90 valence electrons. The molecule has 0 heterocycles. The maximum atomic E-state index is 5.96. The van der Waals surface area contributed by atoms with E-state index in [9.17, 15) is 0 Å². The highest BCUT2D eigenvalue weighted by atomic mass is 15.2. The van der Waals surface area contributed by atoms with Crippen LogP contribution < -0.4 is 5.73 Å². The van der Waals surface area contributed by atoms with Crippen LogP contribution in [0.2, 0.25) is 0 Å². The molecule has 0 aliphatic heterocycles. The lowest BCUT2D eigenvalue weighted by Gasteiger charge is -2.39. The van der Waals surface area contributed by atoms with Crippen molar-refractivity contribution in [1.82, 2.24) is 4.90 Å². The summed E-state index contributed by atoms with van der Waals surface area (Å²) in [5, 5.41) is 0. The first-order valence-corrected chi connectivity index (χ1v) is 6.62. The Balaban J connectivity index is 2.52. The van der Waals surface area contributed by atoms with Crippen molar-refractivity contribution in [3.05, 3.63) is 0 Å². The molecule has 1 fully saturated rings. The van der Waals surface area contributed by atoms with Crippen molar-refractivity contribution in [2.24, 2.45) is 11.7 Å². The van der Waals surface area contributed by atoms with E-state index >= 15 is 0 Å². The van der Waals surface area contributed by atoms with E-state index in [0.29, 0.717) is 12.1 Å². The Bertz CT molecular complexity index is 162. The Labute approximate surface area is 95.2 Å². The number of likely N-dealkylation sites (N-methyl/N-ethyl adjacent to an activating group) is 1. The maximum Gasteiger partial charge on any atom is 0.0246 e. The molecule has 1 aliphatic rings. The highest BCUT2D eigenvalue weighted by molar-refractivity contribution is 4.83. The summed E-state index contributed by atoms with van der Waals surface area (Å²) in [5.74, 6) is 0.850. The van der Waals surface area contributed by atoms with Gasteiger partial charge in [0, 0.05) is 18.6 Å². The second-order valence-electron chi connectivity index (χ2n) is 5.12. The van der Waals surface area contributed by atoms with Gasteiger partial charge >= 0.3 is 0 Å². The number of nitrogens with zero attached hydrogens (tertiary/aromatic N) is 1. The van der Waals surface area contributed by atoms with Gasteiger partial charge in [-0.3, -0.25) is 4.90 Å². The fourth-order valence-electron chi connectivity index (χ4n) is 2.83. The lowest BCUT2D eigenvalue weighted by atomic mass is 9.83. The average molecular weight is 212 g/mol. The highest BCUT2D eigenvalue weighted by Crippen LogP contribution is 2.29. The molecule has 1 aliphatic carbocycles. The SMILES string of the molecule is CCC(C)N(C)C(CN)C1CCCCC1. The molecule has 2 nitrogen and oxygen atoms in total. The van der Waals surface area contributed by atoms with Gasteiger partial charge in [0.2, 0.25) is 0 Å². The summed E-state index contributed by atoms with van der Waals surface area (Å²) in [6.45, 7) is 5.40. The number of nitrogens with two attached hydrogens (primary N) is 1. The third-order valence-corrected chi connectivity index (χ3v) is 4.24. The van der Waals surface area contributed by atoms with Crippen molar-refractivity contribution in [2.75, 3.05) is 13.6 Å². The first kappa shape index (κ1) is 13.0. The topological polar surface area (TPSA) is 29.3 Å². The first-order valence-electron chi connectivity index (χ1n) is 6.62. The Morgan fingerprint density at radius 2 is 1.87 bits per heavy atom. The summed E-state index contributed by atoms with van der Waals surface area (Å²) in [7, 11) is 2.25. The summed E-state index contributed by atoms with van der Waals surface area (Å²) in [4.78, 5) is 2.51. The second-order valence-corrected chi connectivity index (χ2v) is 5.12. The van der Waals surface area contributed by atoms with Gasteiger partial charge in [0.25, 0.3) is 0 Å². The molecular formula is C13H28N2. The minimum atomic E-state index is 0.611. The van der Waals surface area contributed by atoms with Crippen LogP contribution in [0.4, 0.5) is 0 Å². The Hall–Kier alpha value is -0.0800. The van der Waals surface area contributed by atoms with E-state index in [1.165, 1.54) is 38.5 Å². The normalized spacial score (nSPS) is 23.0. The van der Waals surface area contributed by atoms with Gasteiger partial charge in [-0.15, -0.1) is 0 Å². The van der Waals surface area contributed by atoms with Gasteiger partial charge in [-0.2, -0.15) is 0 Å². The Kier molecular flexibility index (Phi) is 5.62. The smallest absolute Gasteiger partial charge is 0.0246 e. The lowest BCUT2D eigenvalue weighted by molar-refractivity contribution is 0.112. The first-order chi connectivity index (χ1) is 7.20. The molecule has 0 aromatic carbocycles. The van der Waals surface area contributed by atoms with Gasteiger partial charge in [0.1, 0.15) is 0 Å². The van der Waals surface area contributed by atoms with Crippen LogP contribution in [0.3, 0.4) is 0 Å². The van der Waals surface area contributed by atoms with E-state index in [1.807, 2.05) is 0 Å². The van der Waals surface area contributed by atoms with E-state index in [0.717, 1.165) is 12.5 Å². The lowest BCUT2D eigenvalue weighted by Crippen LogP contribution is -2.47. The van der Waals surface area contributed by atoms with E-state index in [-0.39, 0.29) is 0 Å². The van der Waals surface area contributed by atoms with Gasteiger partial charge in [0.15, 0.2) is 0 Å². The van der Waals surface area contributed by atoms with Crippen LogP contribution in [-0.4, -0.2) is 30.6 Å². The molecule has 2 N–H and O–H groups in total. The van der Waals surface area contributed by atoms with Crippen LogP contribution >= 0.6 is 0 Å². The quantitative estimate of drug-likeness (QED) is 0.759. The molecule has 0 radical (unpaired) electrons. The van der Waals surface area contributed by atoms with Crippen molar-refractivity contribution < 1.29 is 0 Å². The van der Waals surface area contributed by atoms with E-state index in [2.05, 4.69) is 25.8 Å². The third-order valence-electron chi connectivity index (χ3n) is 4.24. The zero-order valence-corrected chi connectivity index (χ0v) is 10.7. The molecule has 0 saturated heterocycles. The zero-order valence-electron chi connectivity index (χ0n) is 10.7. The highest BCUT2D eigenvalue weighted by Gasteiger charge is 2.27. The molecule has 2 atom stereocenters. The van der Waals surface area contributed by atoms with Crippen LogP contribution in [0.15, 0.2) is 0 Å². The summed E-state index contributed by atoms with van der Waals surface area (Å²) < 4.78 is 0. The summed E-state index contributed by atoms with van der Waals surface area (Å²) >= 11 is 0. The second kappa shape index (κ2) is 6.49. The van der Waals surface area contributed by atoms with Crippen molar-refractivity contribution >= 4 is 0 Å². The van der Waals surface area contributed by atoms with Gasteiger partial charge in [-0.1, -0.05) is 26.2 Å². The average Bonchev–Trinajstić information content (AvgIpc) is 2.30. The minimum absolute atomic E-state index is 0.611. The molecule has 1 saturated carbocycles. The number of hydrogen-bond donors (Lipinski definition) is 1. The van der Waals surface area contributed by atoms with Crippen LogP contribution in [0.25, 0.3) is 0 Å². The van der Waals surface area contributed by atoms with Crippen molar-refractivity contribution in [3.8, 4) is 0 Å². The molecule has 0 aromatic heterocycles. The van der Waals surface area contributed by atoms with Crippen LogP contribution in [-0.2, 0) is 0 Å². The van der Waals surface area contributed by atoms with Gasteiger partial charge in [0.05, 0.1) is 0 Å². The molecule has 0 amide bonds. The maximum absolute atomic E-state index is 5.96. The standard InChI is InChI=1S/C13H28N2/c1-4-11(2)15(3)13(10-14)12-8-6-5-7-9-12/h11-13H,4-10,14H2,1-3H3. The number of rotatable bonds is 5. The fourth-order valence-corrected chi connectivity index (χ4v) is 2.83. The molecular weight excluding hydrogens is 184 g/mol. The minimum Gasteiger partial charge on any atom is -0.329 e. The zero-order chi connectivity index (χ0) is 11.3. The van der Waals surface area contributed by atoms with Crippen LogP contribution in [0.5, 0.6) is 0 Å². The monoisotopic (exact) mass is 212 g/mol. The predicted molar refractivity (Wildman–Crippen MR) is 66.9 cm³/mol. The molecule has 2 heteroatoms. The van der Waals surface area contributed by atoms with Crippen molar-refractivity contribution in [3.63, 3.8) is 0 Å². The molecule has 0 spiro atoms. The summed E-state index contributed by atoms with van der Waals surface area (Å²) in [6, 6.07) is 1.28. The number of hydrogen-bond acceptors (Lipinski definition) is 2. The summed E-state index contributed by atoms with van der Waals surface area (Å²) in [6.07, 6.45) is 8.26. The largest absolute Gasteiger partial charge is 0.329 e. The molecule has 15 heavy (non-hydrogen) atoms. The van der Waals surface area contributed by atoms with Crippen LogP contribution in [0.1, 0.15) is 52.4 Å². The van der Waals surface area contributed by atoms with Gasteiger partial charge in [-0.05, 0) is 39.2 Å². The van der Waals surface area contributed by atoms with E-state index < -0.39 is 0 Å². The molecule has 0 bridgehead atoms. The predicted octanol–water partition coefficient (Wildman–Crippen LogP) is 2.62. The summed E-state index contributed by atoms with van der Waals surface area (Å²) in [5.41, 5.74) is 5.96. The third kappa shape index (κ3) is 3.46. The van der Waals surface area contributed by atoms with Gasteiger partial charge < -0.3 is 5.73 Å². The fraction of sp³-hybridized carbons (Fsp3) is 1.00. The molecule has 1 rings (SSSR count). The van der Waals surface area contributed by atoms with Crippen LogP contribution in [0, 0.1) is 5.92 Å². The van der Waals surface area contributed by atoms with Crippen molar-refractivity contribution in [2.45, 2.75) is 64.5 Å². The molecule has 2 unspecified atom stereocenters. The molecule has 0 aromatic rings. The Morgan fingerprint density at radius 1 is 1.27 bits per heavy atom. The Morgan fingerprint density at radius 3 is 2.33 bits per heavy atom.